The van der Waals surface area contributed by atoms with Crippen molar-refractivity contribution >= 4 is 22.7 Å². The van der Waals surface area contributed by atoms with Gasteiger partial charge in [-0.2, -0.15) is 0 Å². The third kappa shape index (κ3) is 3.38. The van der Waals surface area contributed by atoms with Crippen molar-refractivity contribution in [2.75, 3.05) is 5.32 Å². The van der Waals surface area contributed by atoms with E-state index in [4.69, 9.17) is 9.15 Å². The molecule has 0 aliphatic rings. The third-order valence-corrected chi connectivity index (χ3v) is 2.60. The second kappa shape index (κ2) is 5.00. The first-order valence-corrected chi connectivity index (χ1v) is 6.29. The third-order valence-electron chi connectivity index (χ3n) is 2.60. The van der Waals surface area contributed by atoms with E-state index >= 15 is 0 Å². The molecule has 0 aliphatic carbocycles. The minimum Gasteiger partial charge on any atom is -0.444 e. The van der Waals surface area contributed by atoms with Gasteiger partial charge in [0, 0.05) is 23.2 Å². The standard InChI is InChI=1S/C15H17NO4/c1-9-7-13(17)19-12-8-10(5-6-11(9)12)16-14(18)20-15(2,3)4/h5-8H,1-4H3,(H,16,18). The van der Waals surface area contributed by atoms with Gasteiger partial charge >= 0.3 is 11.7 Å². The normalized spacial score (nSPS) is 11.4. The number of nitrogens with one attached hydrogen (secondary N) is 1. The van der Waals surface area contributed by atoms with Crippen LogP contribution in [0.1, 0.15) is 26.3 Å². The highest BCUT2D eigenvalue weighted by Gasteiger charge is 2.16. The summed E-state index contributed by atoms with van der Waals surface area (Å²) in [4.78, 5) is 23.0. The van der Waals surface area contributed by atoms with Crippen molar-refractivity contribution < 1.29 is 13.9 Å². The molecule has 5 heteroatoms. The Morgan fingerprint density at radius 1 is 1.25 bits per heavy atom. The molecule has 0 spiro atoms. The van der Waals surface area contributed by atoms with Crippen molar-refractivity contribution in [2.24, 2.45) is 0 Å². The zero-order valence-corrected chi connectivity index (χ0v) is 11.9. The minimum absolute atomic E-state index is 0.413. The number of ether oxygens (including phenoxy) is 1. The lowest BCUT2D eigenvalue weighted by molar-refractivity contribution is 0.0636. The SMILES string of the molecule is Cc1cc(=O)oc2cc(NC(=O)OC(C)(C)C)ccc12. The second-order valence-electron chi connectivity index (χ2n) is 5.59. The molecule has 0 radical (unpaired) electrons. The maximum atomic E-state index is 11.7. The van der Waals surface area contributed by atoms with Crippen LogP contribution in [0.4, 0.5) is 10.5 Å². The Hall–Kier alpha value is -2.30. The van der Waals surface area contributed by atoms with Crippen LogP contribution < -0.4 is 10.9 Å². The average molecular weight is 275 g/mol. The molecule has 0 aliphatic heterocycles. The van der Waals surface area contributed by atoms with E-state index in [1.165, 1.54) is 6.07 Å². The fourth-order valence-electron chi connectivity index (χ4n) is 1.82. The summed E-state index contributed by atoms with van der Waals surface area (Å²) >= 11 is 0. The Morgan fingerprint density at radius 3 is 2.60 bits per heavy atom. The summed E-state index contributed by atoms with van der Waals surface area (Å²) in [5, 5.41) is 3.44. The summed E-state index contributed by atoms with van der Waals surface area (Å²) in [5.74, 6) is 0. The van der Waals surface area contributed by atoms with E-state index in [1.807, 2.05) is 6.92 Å². The number of anilines is 1. The van der Waals surface area contributed by atoms with Gasteiger partial charge in [0.15, 0.2) is 0 Å². The van der Waals surface area contributed by atoms with Crippen molar-refractivity contribution in [3.05, 3.63) is 40.2 Å². The Kier molecular flexibility index (Phi) is 3.53. The monoisotopic (exact) mass is 275 g/mol. The summed E-state index contributed by atoms with van der Waals surface area (Å²) in [6.45, 7) is 7.19. The number of rotatable bonds is 1. The van der Waals surface area contributed by atoms with Crippen molar-refractivity contribution in [3.8, 4) is 0 Å². The predicted molar refractivity (Wildman–Crippen MR) is 77.1 cm³/mol. The van der Waals surface area contributed by atoms with Crippen molar-refractivity contribution in [1.29, 1.82) is 0 Å². The zero-order valence-electron chi connectivity index (χ0n) is 11.9. The second-order valence-corrected chi connectivity index (χ2v) is 5.59. The first-order valence-electron chi connectivity index (χ1n) is 6.29. The number of hydrogen-bond donors (Lipinski definition) is 1. The first kappa shape index (κ1) is 14.1. The highest BCUT2D eigenvalue weighted by atomic mass is 16.6. The summed E-state index contributed by atoms with van der Waals surface area (Å²) in [6.07, 6.45) is -0.549. The minimum atomic E-state index is -0.565. The molecule has 2 aromatic rings. The number of amides is 1. The van der Waals surface area contributed by atoms with Crippen molar-refractivity contribution in [2.45, 2.75) is 33.3 Å². The van der Waals surface area contributed by atoms with Gasteiger partial charge in [-0.25, -0.2) is 9.59 Å². The molecule has 5 nitrogen and oxygen atoms in total. The highest BCUT2D eigenvalue weighted by molar-refractivity contribution is 5.90. The number of carbonyl (C=O) groups is 1. The van der Waals surface area contributed by atoms with Gasteiger partial charge < -0.3 is 9.15 Å². The number of hydrogen-bond acceptors (Lipinski definition) is 4. The summed E-state index contributed by atoms with van der Waals surface area (Å²) in [5.41, 5.74) is 0.804. The Labute approximate surface area is 116 Å². The molecule has 0 saturated carbocycles. The fraction of sp³-hybridized carbons (Fsp3) is 0.333. The van der Waals surface area contributed by atoms with E-state index in [-0.39, 0.29) is 0 Å². The summed E-state index contributed by atoms with van der Waals surface area (Å²) in [6, 6.07) is 6.57. The molecule has 0 fully saturated rings. The molecule has 0 saturated heterocycles. The Balaban J connectivity index is 2.28. The molecule has 1 heterocycles. The van der Waals surface area contributed by atoms with Crippen LogP contribution in [-0.4, -0.2) is 11.7 Å². The molecule has 0 atom stereocenters. The van der Waals surface area contributed by atoms with Crippen LogP contribution in [0.5, 0.6) is 0 Å². The van der Waals surface area contributed by atoms with E-state index in [0.717, 1.165) is 10.9 Å². The molecule has 106 valence electrons. The van der Waals surface area contributed by atoms with E-state index in [9.17, 15) is 9.59 Å². The van der Waals surface area contributed by atoms with Crippen molar-refractivity contribution in [1.82, 2.24) is 0 Å². The number of benzene rings is 1. The molecule has 1 aromatic carbocycles. The largest absolute Gasteiger partial charge is 0.444 e. The van der Waals surface area contributed by atoms with Gasteiger partial charge in [0.05, 0.1) is 0 Å². The van der Waals surface area contributed by atoms with E-state index in [0.29, 0.717) is 11.3 Å². The van der Waals surface area contributed by atoms with Crippen LogP contribution in [0, 0.1) is 6.92 Å². The molecular formula is C15H17NO4. The number of aryl methyl sites for hydroxylation is 1. The lowest BCUT2D eigenvalue weighted by Crippen LogP contribution is -2.27. The van der Waals surface area contributed by atoms with Crippen LogP contribution in [0.2, 0.25) is 0 Å². The van der Waals surface area contributed by atoms with E-state index in [2.05, 4.69) is 5.32 Å². The van der Waals surface area contributed by atoms with Crippen LogP contribution in [0.25, 0.3) is 11.0 Å². The summed E-state index contributed by atoms with van der Waals surface area (Å²) in [7, 11) is 0. The van der Waals surface area contributed by atoms with E-state index < -0.39 is 17.3 Å². The van der Waals surface area contributed by atoms with Gasteiger partial charge in [-0.3, -0.25) is 5.32 Å². The number of carbonyl (C=O) groups excluding carboxylic acids is 1. The molecule has 20 heavy (non-hydrogen) atoms. The topological polar surface area (TPSA) is 68.5 Å². The molecule has 2 rings (SSSR count). The van der Waals surface area contributed by atoms with E-state index in [1.54, 1.807) is 39.0 Å². The maximum absolute atomic E-state index is 11.7. The Bertz CT molecular complexity index is 710. The van der Waals surface area contributed by atoms with Gasteiger partial charge in [0.2, 0.25) is 0 Å². The van der Waals surface area contributed by atoms with Crippen molar-refractivity contribution in [3.63, 3.8) is 0 Å². The fourth-order valence-corrected chi connectivity index (χ4v) is 1.82. The van der Waals surface area contributed by atoms with Gasteiger partial charge in [-0.05, 0) is 45.4 Å². The molecule has 1 N–H and O–H groups in total. The molecule has 1 amide bonds. The maximum Gasteiger partial charge on any atom is 0.412 e. The summed E-state index contributed by atoms with van der Waals surface area (Å²) < 4.78 is 10.3. The van der Waals surface area contributed by atoms with Gasteiger partial charge in [0.1, 0.15) is 11.2 Å². The van der Waals surface area contributed by atoms with Gasteiger partial charge in [-0.15, -0.1) is 0 Å². The van der Waals surface area contributed by atoms with Crippen LogP contribution in [0.15, 0.2) is 33.5 Å². The molecule has 1 aromatic heterocycles. The van der Waals surface area contributed by atoms with Crippen LogP contribution in [0.3, 0.4) is 0 Å². The molecule has 0 bridgehead atoms. The van der Waals surface area contributed by atoms with Gasteiger partial charge in [-0.1, -0.05) is 0 Å². The zero-order chi connectivity index (χ0) is 14.9. The van der Waals surface area contributed by atoms with Crippen LogP contribution in [-0.2, 0) is 4.74 Å². The number of fused-ring (bicyclic) bond motifs is 1. The smallest absolute Gasteiger partial charge is 0.412 e. The van der Waals surface area contributed by atoms with Gasteiger partial charge in [0.25, 0.3) is 0 Å². The Morgan fingerprint density at radius 2 is 1.95 bits per heavy atom. The predicted octanol–water partition coefficient (Wildman–Crippen LogP) is 3.45. The molecular weight excluding hydrogens is 258 g/mol. The lowest BCUT2D eigenvalue weighted by Gasteiger charge is -2.19. The highest BCUT2D eigenvalue weighted by Crippen LogP contribution is 2.21. The lowest BCUT2D eigenvalue weighted by atomic mass is 10.1. The average Bonchev–Trinajstić information content (AvgIpc) is 2.24. The first-order chi connectivity index (χ1) is 9.24. The quantitative estimate of drug-likeness (QED) is 0.809. The molecule has 0 unspecified atom stereocenters. The van der Waals surface area contributed by atoms with Crippen LogP contribution >= 0.6 is 0 Å².